The van der Waals surface area contributed by atoms with Crippen molar-refractivity contribution in [2.24, 2.45) is 0 Å². The zero-order valence-corrected chi connectivity index (χ0v) is 23.0. The first-order chi connectivity index (χ1) is 18.3. The maximum Gasteiger partial charge on any atom is 0.251 e. The molecule has 1 unspecified atom stereocenters. The number of hydrogen-bond donors (Lipinski definition) is 3. The lowest BCUT2D eigenvalue weighted by Gasteiger charge is -2.28. The molecule has 8 nitrogen and oxygen atoms in total. The predicted molar refractivity (Wildman–Crippen MR) is 148 cm³/mol. The monoisotopic (exact) mass is 531 g/mol. The van der Waals surface area contributed by atoms with Crippen LogP contribution in [-0.4, -0.2) is 59.9 Å². The van der Waals surface area contributed by atoms with Gasteiger partial charge in [0.1, 0.15) is 17.5 Å². The fourth-order valence-corrected chi connectivity index (χ4v) is 3.85. The van der Waals surface area contributed by atoms with E-state index in [0.717, 1.165) is 6.07 Å². The van der Waals surface area contributed by atoms with Crippen LogP contribution in [0.15, 0.2) is 36.5 Å². The number of nitrogens with zero attached hydrogens (tertiary/aromatic N) is 3. The number of amides is 1. The van der Waals surface area contributed by atoms with Crippen LogP contribution in [0.5, 0.6) is 0 Å². The average molecular weight is 532 g/mol. The Morgan fingerprint density at radius 1 is 1.05 bits per heavy atom. The highest BCUT2D eigenvalue weighted by Crippen LogP contribution is 2.29. The van der Waals surface area contributed by atoms with Gasteiger partial charge in [-0.05, 0) is 38.1 Å². The number of benzene rings is 2. The molecule has 1 fully saturated rings. The van der Waals surface area contributed by atoms with E-state index in [1.807, 2.05) is 34.6 Å². The smallest absolute Gasteiger partial charge is 0.251 e. The van der Waals surface area contributed by atoms with E-state index in [-0.39, 0.29) is 18.1 Å². The van der Waals surface area contributed by atoms with Crippen molar-refractivity contribution in [3.05, 3.63) is 59.3 Å². The second kappa shape index (κ2) is 15.1. The zero-order valence-electron chi connectivity index (χ0n) is 23.0. The summed E-state index contributed by atoms with van der Waals surface area (Å²) >= 11 is 0. The maximum absolute atomic E-state index is 13.7. The third-order valence-electron chi connectivity index (χ3n) is 5.53. The van der Waals surface area contributed by atoms with Crippen LogP contribution in [0.4, 0.5) is 20.3 Å². The molecule has 4 rings (SSSR count). The van der Waals surface area contributed by atoms with Crippen LogP contribution in [-0.2, 0) is 4.74 Å². The summed E-state index contributed by atoms with van der Waals surface area (Å²) in [6.07, 6.45) is 0.970. The molecule has 2 heterocycles. The van der Waals surface area contributed by atoms with Crippen molar-refractivity contribution >= 4 is 28.4 Å². The molecule has 38 heavy (non-hydrogen) atoms. The third kappa shape index (κ3) is 8.32. The van der Waals surface area contributed by atoms with Crippen molar-refractivity contribution in [2.75, 3.05) is 43.1 Å². The van der Waals surface area contributed by atoms with E-state index in [9.17, 15) is 18.7 Å². The van der Waals surface area contributed by atoms with E-state index in [0.29, 0.717) is 54.3 Å². The summed E-state index contributed by atoms with van der Waals surface area (Å²) in [6, 6.07) is 6.07. The fourth-order valence-electron chi connectivity index (χ4n) is 3.85. The van der Waals surface area contributed by atoms with E-state index in [4.69, 9.17) is 9.72 Å². The summed E-state index contributed by atoms with van der Waals surface area (Å²) in [6.45, 7) is 14.1. The number of aliphatic hydroxyl groups is 1. The molecular formula is C28H39F2N5O3. The second-order valence-electron chi connectivity index (χ2n) is 8.34. The van der Waals surface area contributed by atoms with E-state index in [1.54, 1.807) is 25.3 Å². The van der Waals surface area contributed by atoms with Gasteiger partial charge >= 0.3 is 0 Å². The normalized spacial score (nSPS) is 14.4. The van der Waals surface area contributed by atoms with Crippen molar-refractivity contribution in [1.29, 1.82) is 0 Å². The molecule has 10 heteroatoms. The molecule has 0 radical (unpaired) electrons. The lowest BCUT2D eigenvalue weighted by atomic mass is 10.0. The van der Waals surface area contributed by atoms with Gasteiger partial charge in [0.25, 0.3) is 5.91 Å². The van der Waals surface area contributed by atoms with Crippen LogP contribution in [0.2, 0.25) is 0 Å². The van der Waals surface area contributed by atoms with Gasteiger partial charge in [0.05, 0.1) is 42.6 Å². The SMILES string of the molecule is CC.CC.CC(Nc1cc(F)cc(F)c1)c1cc(C(=O)NC[C@@H](C)O)cc2ncc(N3CCOCC3)nc12. The van der Waals surface area contributed by atoms with E-state index < -0.39 is 23.8 Å². The highest BCUT2D eigenvalue weighted by atomic mass is 19.1. The lowest BCUT2D eigenvalue weighted by molar-refractivity contribution is 0.0924. The number of morpholine rings is 1. The number of aromatic nitrogens is 2. The van der Waals surface area contributed by atoms with Gasteiger partial charge in [0.15, 0.2) is 0 Å². The Morgan fingerprint density at radius 2 is 1.68 bits per heavy atom. The van der Waals surface area contributed by atoms with E-state index in [2.05, 4.69) is 20.5 Å². The van der Waals surface area contributed by atoms with Crippen LogP contribution >= 0.6 is 0 Å². The molecule has 3 aromatic rings. The van der Waals surface area contributed by atoms with E-state index in [1.165, 1.54) is 12.1 Å². The summed E-state index contributed by atoms with van der Waals surface area (Å²) in [5.41, 5.74) is 2.34. The molecule has 1 saturated heterocycles. The van der Waals surface area contributed by atoms with Crippen LogP contribution in [0.3, 0.4) is 0 Å². The van der Waals surface area contributed by atoms with E-state index >= 15 is 0 Å². The maximum atomic E-state index is 13.7. The number of carbonyl (C=O) groups excluding carboxylic acids is 1. The third-order valence-corrected chi connectivity index (χ3v) is 5.53. The quantitative estimate of drug-likeness (QED) is 0.391. The summed E-state index contributed by atoms with van der Waals surface area (Å²) in [7, 11) is 0. The number of halogens is 2. The number of hydrogen-bond acceptors (Lipinski definition) is 7. The van der Waals surface area contributed by atoms with Crippen LogP contribution in [0.1, 0.15) is 63.5 Å². The Bertz CT molecular complexity index is 1170. The molecule has 0 bridgehead atoms. The van der Waals surface area contributed by atoms with Crippen molar-refractivity contribution in [3.8, 4) is 0 Å². The van der Waals surface area contributed by atoms with Gasteiger partial charge in [-0.2, -0.15) is 0 Å². The number of carbonyl (C=O) groups is 1. The van der Waals surface area contributed by atoms with Gasteiger partial charge in [0, 0.05) is 42.5 Å². The predicted octanol–water partition coefficient (Wildman–Crippen LogP) is 5.08. The fraction of sp³-hybridized carbons (Fsp3) is 0.464. The van der Waals surface area contributed by atoms with Crippen molar-refractivity contribution < 1.29 is 23.4 Å². The highest BCUT2D eigenvalue weighted by Gasteiger charge is 2.20. The van der Waals surface area contributed by atoms with Gasteiger partial charge in [-0.1, -0.05) is 27.7 Å². The number of nitrogens with one attached hydrogen (secondary N) is 2. The Balaban J connectivity index is 0.00000121. The van der Waals surface area contributed by atoms with Crippen LogP contribution < -0.4 is 15.5 Å². The molecule has 0 saturated carbocycles. The largest absolute Gasteiger partial charge is 0.392 e. The highest BCUT2D eigenvalue weighted by molar-refractivity contribution is 5.98. The van der Waals surface area contributed by atoms with Crippen molar-refractivity contribution in [2.45, 2.75) is 53.7 Å². The minimum atomic E-state index is -0.694. The molecule has 3 N–H and O–H groups in total. The number of aliphatic hydroxyl groups excluding tert-OH is 1. The minimum absolute atomic E-state index is 0.101. The second-order valence-corrected chi connectivity index (χ2v) is 8.34. The van der Waals surface area contributed by atoms with Gasteiger partial charge in [-0.25, -0.2) is 13.8 Å². The minimum Gasteiger partial charge on any atom is -0.392 e. The Hall–Kier alpha value is -3.37. The van der Waals surface area contributed by atoms with Gasteiger partial charge in [0.2, 0.25) is 0 Å². The topological polar surface area (TPSA) is 99.6 Å². The summed E-state index contributed by atoms with van der Waals surface area (Å²) < 4.78 is 32.9. The van der Waals surface area contributed by atoms with Gasteiger partial charge in [-0.15, -0.1) is 0 Å². The lowest BCUT2D eigenvalue weighted by Crippen LogP contribution is -2.36. The Labute approximate surface area is 223 Å². The summed E-state index contributed by atoms with van der Waals surface area (Å²) in [5.74, 6) is -1.07. The molecule has 2 aromatic carbocycles. The molecular weight excluding hydrogens is 492 g/mol. The molecule has 208 valence electrons. The van der Waals surface area contributed by atoms with Gasteiger partial charge in [-0.3, -0.25) is 9.78 Å². The standard InChI is InChI=1S/C24H27F2N5O3.2C2H6/c1-14(32)12-28-24(33)16-7-20(15(2)29-19-10-17(25)9-18(26)11-19)23-21(8-16)27-13-22(30-23)31-3-5-34-6-4-31;2*1-2/h7-11,13-15,29,32H,3-6,12H2,1-2H3,(H,28,33);2*1-2H3/t14-,15?;;/m1../s1. The molecule has 1 aromatic heterocycles. The summed E-state index contributed by atoms with van der Waals surface area (Å²) in [4.78, 5) is 24.2. The first kappa shape index (κ1) is 30.9. The molecule has 2 atom stereocenters. The Morgan fingerprint density at radius 3 is 2.29 bits per heavy atom. The number of fused-ring (bicyclic) bond motifs is 1. The molecule has 1 aliphatic heterocycles. The first-order valence-corrected chi connectivity index (χ1v) is 13.1. The Kier molecular flexibility index (Phi) is 12.3. The van der Waals surface area contributed by atoms with Crippen molar-refractivity contribution in [3.63, 3.8) is 0 Å². The van der Waals surface area contributed by atoms with Crippen LogP contribution in [0, 0.1) is 11.6 Å². The first-order valence-electron chi connectivity index (χ1n) is 13.1. The molecule has 1 aliphatic rings. The number of rotatable bonds is 7. The molecule has 1 amide bonds. The van der Waals surface area contributed by atoms with Crippen LogP contribution in [0.25, 0.3) is 11.0 Å². The molecule has 0 aliphatic carbocycles. The molecule has 0 spiro atoms. The summed E-state index contributed by atoms with van der Waals surface area (Å²) in [5, 5.41) is 15.3. The number of anilines is 2. The average Bonchev–Trinajstić information content (AvgIpc) is 2.92. The zero-order chi connectivity index (χ0) is 28.2. The van der Waals surface area contributed by atoms with Gasteiger partial charge < -0.3 is 25.4 Å². The van der Waals surface area contributed by atoms with Crippen molar-refractivity contribution in [1.82, 2.24) is 15.3 Å². The number of ether oxygens (including phenoxy) is 1.